The summed E-state index contributed by atoms with van der Waals surface area (Å²) in [5, 5.41) is 13.9. The van der Waals surface area contributed by atoms with Gasteiger partial charge in [0, 0.05) is 29.7 Å². The second-order valence-electron chi connectivity index (χ2n) is 7.64. The lowest BCUT2D eigenvalue weighted by Crippen LogP contribution is -2.26. The summed E-state index contributed by atoms with van der Waals surface area (Å²) in [6.07, 6.45) is 3.95. The van der Waals surface area contributed by atoms with Crippen LogP contribution in [0, 0.1) is 17.0 Å². The van der Waals surface area contributed by atoms with Gasteiger partial charge in [0.1, 0.15) is 18.1 Å². The molecular weight excluding hydrogens is 422 g/mol. The minimum atomic E-state index is -0.436. The summed E-state index contributed by atoms with van der Waals surface area (Å²) in [5.41, 5.74) is 2.56. The maximum absolute atomic E-state index is 12.6. The molecule has 0 spiro atoms. The van der Waals surface area contributed by atoms with Gasteiger partial charge in [0.05, 0.1) is 11.0 Å². The van der Waals surface area contributed by atoms with Crippen LogP contribution in [0.3, 0.4) is 0 Å². The first-order valence-corrected chi connectivity index (χ1v) is 10.4. The lowest BCUT2D eigenvalue weighted by Gasteiger charge is -2.14. The normalized spacial score (nSPS) is 11.7. The van der Waals surface area contributed by atoms with Crippen LogP contribution in [0.5, 0.6) is 5.75 Å². The number of nitro groups is 1. The van der Waals surface area contributed by atoms with Crippen molar-refractivity contribution < 1.29 is 18.9 Å². The van der Waals surface area contributed by atoms with Crippen LogP contribution in [-0.4, -0.2) is 15.4 Å². The molecule has 168 valence electrons. The van der Waals surface area contributed by atoms with E-state index in [1.807, 2.05) is 60.3 Å². The van der Waals surface area contributed by atoms with Crippen molar-refractivity contribution >= 4 is 11.6 Å². The third kappa shape index (κ3) is 5.12. The highest BCUT2D eigenvalue weighted by Gasteiger charge is 2.16. The maximum Gasteiger partial charge on any atom is 0.287 e. The Morgan fingerprint density at radius 1 is 1.12 bits per heavy atom. The highest BCUT2D eigenvalue weighted by molar-refractivity contribution is 5.91. The van der Waals surface area contributed by atoms with E-state index in [1.54, 1.807) is 25.1 Å². The molecule has 1 unspecified atom stereocenters. The minimum Gasteiger partial charge on any atom is -0.486 e. The van der Waals surface area contributed by atoms with Gasteiger partial charge >= 0.3 is 0 Å². The van der Waals surface area contributed by atoms with Crippen molar-refractivity contribution in [1.82, 2.24) is 9.88 Å². The van der Waals surface area contributed by atoms with Gasteiger partial charge in [-0.15, -0.1) is 0 Å². The van der Waals surface area contributed by atoms with Crippen LogP contribution in [0.25, 0.3) is 5.69 Å². The van der Waals surface area contributed by atoms with Crippen LogP contribution in [0.4, 0.5) is 5.69 Å². The van der Waals surface area contributed by atoms with Crippen LogP contribution in [0.2, 0.25) is 0 Å². The van der Waals surface area contributed by atoms with E-state index in [2.05, 4.69) is 5.32 Å². The topological polar surface area (TPSA) is 99.5 Å². The van der Waals surface area contributed by atoms with Gasteiger partial charge in [-0.2, -0.15) is 0 Å². The van der Waals surface area contributed by atoms with Gasteiger partial charge in [-0.1, -0.05) is 12.1 Å². The number of ether oxygens (including phenoxy) is 1. The molecule has 8 heteroatoms. The number of nitro benzene ring substituents is 1. The molecule has 1 N–H and O–H groups in total. The molecule has 0 radical (unpaired) electrons. The van der Waals surface area contributed by atoms with E-state index in [1.165, 1.54) is 12.1 Å². The number of aryl methyl sites for hydroxylation is 1. The lowest BCUT2D eigenvalue weighted by molar-refractivity contribution is -0.385. The molecular formula is C25H23N3O5. The zero-order valence-corrected chi connectivity index (χ0v) is 18.2. The molecule has 2 aromatic heterocycles. The van der Waals surface area contributed by atoms with Gasteiger partial charge in [-0.05, 0) is 67.9 Å². The molecule has 4 rings (SSSR count). The molecule has 8 nitrogen and oxygen atoms in total. The number of furan rings is 1. The summed E-state index contributed by atoms with van der Waals surface area (Å²) in [4.78, 5) is 23.1. The van der Waals surface area contributed by atoms with Crippen molar-refractivity contribution in [2.45, 2.75) is 26.5 Å². The second-order valence-corrected chi connectivity index (χ2v) is 7.64. The van der Waals surface area contributed by atoms with Gasteiger partial charge in [-0.25, -0.2) is 0 Å². The fourth-order valence-electron chi connectivity index (χ4n) is 3.45. The molecule has 4 aromatic rings. The Bertz CT molecular complexity index is 1260. The van der Waals surface area contributed by atoms with E-state index in [-0.39, 0.29) is 30.0 Å². The summed E-state index contributed by atoms with van der Waals surface area (Å²) < 4.78 is 13.3. The molecule has 2 heterocycles. The Morgan fingerprint density at radius 2 is 1.85 bits per heavy atom. The van der Waals surface area contributed by atoms with Crippen molar-refractivity contribution in [2.24, 2.45) is 0 Å². The van der Waals surface area contributed by atoms with Gasteiger partial charge in [0.25, 0.3) is 11.6 Å². The third-order valence-corrected chi connectivity index (χ3v) is 5.27. The van der Waals surface area contributed by atoms with Gasteiger partial charge in [0.15, 0.2) is 5.76 Å². The number of hydrogen-bond donors (Lipinski definition) is 1. The van der Waals surface area contributed by atoms with Crippen LogP contribution in [0.15, 0.2) is 83.5 Å². The summed E-state index contributed by atoms with van der Waals surface area (Å²) in [6, 6.07) is 19.5. The molecule has 0 saturated heterocycles. The Hall–Kier alpha value is -4.33. The first-order valence-electron chi connectivity index (χ1n) is 10.4. The van der Waals surface area contributed by atoms with Gasteiger partial charge < -0.3 is 19.0 Å². The number of hydrogen-bond acceptors (Lipinski definition) is 5. The second kappa shape index (κ2) is 9.44. The molecule has 0 fully saturated rings. The molecule has 0 aliphatic rings. The zero-order chi connectivity index (χ0) is 23.4. The van der Waals surface area contributed by atoms with E-state index in [4.69, 9.17) is 9.15 Å². The molecule has 0 saturated carbocycles. The van der Waals surface area contributed by atoms with Crippen LogP contribution < -0.4 is 10.1 Å². The molecule has 1 amide bonds. The first kappa shape index (κ1) is 21.9. The van der Waals surface area contributed by atoms with E-state index in [9.17, 15) is 14.9 Å². The van der Waals surface area contributed by atoms with Crippen molar-refractivity contribution in [3.05, 3.63) is 112 Å². The van der Waals surface area contributed by atoms with Gasteiger partial charge in [0.2, 0.25) is 0 Å². The average Bonchev–Trinajstić information content (AvgIpc) is 3.50. The number of rotatable bonds is 8. The van der Waals surface area contributed by atoms with Gasteiger partial charge in [-0.3, -0.25) is 14.9 Å². The fraction of sp³-hybridized carbons (Fsp3) is 0.160. The predicted octanol–water partition coefficient (Wildman–Crippen LogP) is 5.36. The van der Waals surface area contributed by atoms with E-state index in [0.717, 1.165) is 11.3 Å². The fourth-order valence-corrected chi connectivity index (χ4v) is 3.45. The van der Waals surface area contributed by atoms with E-state index < -0.39 is 4.92 Å². The number of aromatic nitrogens is 1. The van der Waals surface area contributed by atoms with Crippen molar-refractivity contribution in [3.63, 3.8) is 0 Å². The summed E-state index contributed by atoms with van der Waals surface area (Å²) in [7, 11) is 0. The Labute approximate surface area is 190 Å². The number of nitrogens with one attached hydrogen (secondary N) is 1. The zero-order valence-electron chi connectivity index (χ0n) is 18.2. The lowest BCUT2D eigenvalue weighted by atomic mass is 10.1. The summed E-state index contributed by atoms with van der Waals surface area (Å²) >= 11 is 0. The summed E-state index contributed by atoms with van der Waals surface area (Å²) in [6.45, 7) is 3.66. The smallest absolute Gasteiger partial charge is 0.287 e. The number of benzene rings is 2. The predicted molar refractivity (Wildman–Crippen MR) is 123 cm³/mol. The number of carbonyl (C=O) groups is 1. The quantitative estimate of drug-likeness (QED) is 0.291. The Kier molecular flexibility index (Phi) is 6.26. The standard InChI is InChI=1S/C25H23N3O5/c1-17-15-21(9-11-23(17)28(30)31)32-16-22-10-12-24(33-22)25(29)26-18(2)19-5-7-20(8-6-19)27-13-3-4-14-27/h3-15,18H,16H2,1-2H3,(H,26,29). The molecule has 0 aliphatic heterocycles. The van der Waals surface area contributed by atoms with Crippen molar-refractivity contribution in [2.75, 3.05) is 0 Å². The Balaban J connectivity index is 1.34. The number of amides is 1. The number of nitrogens with zero attached hydrogens (tertiary/aromatic N) is 2. The molecule has 1 atom stereocenters. The highest BCUT2D eigenvalue weighted by atomic mass is 16.6. The minimum absolute atomic E-state index is 0.0350. The molecule has 0 aliphatic carbocycles. The highest BCUT2D eigenvalue weighted by Crippen LogP contribution is 2.24. The average molecular weight is 445 g/mol. The molecule has 2 aromatic carbocycles. The molecule has 33 heavy (non-hydrogen) atoms. The SMILES string of the molecule is Cc1cc(OCc2ccc(C(=O)NC(C)c3ccc(-n4cccc4)cc3)o2)ccc1[N+](=O)[O-]. The molecule has 0 bridgehead atoms. The van der Waals surface area contributed by atoms with Crippen molar-refractivity contribution in [1.29, 1.82) is 0 Å². The Morgan fingerprint density at radius 3 is 2.52 bits per heavy atom. The van der Waals surface area contributed by atoms with Crippen LogP contribution >= 0.6 is 0 Å². The maximum atomic E-state index is 12.6. The number of carbonyl (C=O) groups excluding carboxylic acids is 1. The summed E-state index contributed by atoms with van der Waals surface area (Å²) in [5.74, 6) is 0.816. The first-order chi connectivity index (χ1) is 15.9. The van der Waals surface area contributed by atoms with Crippen LogP contribution in [-0.2, 0) is 6.61 Å². The van der Waals surface area contributed by atoms with E-state index >= 15 is 0 Å². The van der Waals surface area contributed by atoms with Crippen molar-refractivity contribution in [3.8, 4) is 11.4 Å². The van der Waals surface area contributed by atoms with Crippen LogP contribution in [0.1, 0.15) is 40.4 Å². The monoisotopic (exact) mass is 445 g/mol. The largest absolute Gasteiger partial charge is 0.486 e. The third-order valence-electron chi connectivity index (χ3n) is 5.27. The van der Waals surface area contributed by atoms with E-state index in [0.29, 0.717) is 17.1 Å².